The van der Waals surface area contributed by atoms with Gasteiger partial charge >= 0.3 is 6.03 Å². The van der Waals surface area contributed by atoms with Gasteiger partial charge in [0.15, 0.2) is 0 Å². The molecule has 3 aromatic carbocycles. The second kappa shape index (κ2) is 9.32. The molecule has 0 aromatic heterocycles. The largest absolute Gasteiger partial charge is 0.489 e. The van der Waals surface area contributed by atoms with Gasteiger partial charge in [-0.15, -0.1) is 0 Å². The molecule has 0 fully saturated rings. The van der Waals surface area contributed by atoms with Crippen LogP contribution in [0.2, 0.25) is 5.02 Å². The minimum absolute atomic E-state index is 0.225. The zero-order valence-electron chi connectivity index (χ0n) is 17.6. The van der Waals surface area contributed by atoms with Gasteiger partial charge in [-0.1, -0.05) is 60.1 Å². The Morgan fingerprint density at radius 2 is 1.94 bits per heavy atom. The van der Waals surface area contributed by atoms with E-state index in [2.05, 4.69) is 5.32 Å². The van der Waals surface area contributed by atoms with Crippen molar-refractivity contribution in [1.29, 1.82) is 0 Å². The van der Waals surface area contributed by atoms with Crippen LogP contribution in [-0.4, -0.2) is 18.0 Å². The number of hydrogen-bond donors (Lipinski definition) is 2. The van der Waals surface area contributed by atoms with Crippen molar-refractivity contribution in [2.45, 2.75) is 32.0 Å². The lowest BCUT2D eigenvalue weighted by atomic mass is 9.93. The summed E-state index contributed by atoms with van der Waals surface area (Å²) < 4.78 is 5.87. The molecule has 3 N–H and O–H groups in total. The van der Waals surface area contributed by atoms with Crippen LogP contribution in [0.25, 0.3) is 0 Å². The summed E-state index contributed by atoms with van der Waals surface area (Å²) in [6.07, 6.45) is 0.364. The van der Waals surface area contributed by atoms with Gasteiger partial charge in [0.25, 0.3) is 5.91 Å². The Labute approximate surface area is 191 Å². The molecule has 32 heavy (non-hydrogen) atoms. The fraction of sp³-hybridized carbons (Fsp3) is 0.200. The van der Waals surface area contributed by atoms with Gasteiger partial charge in [0.05, 0.1) is 6.04 Å². The molecule has 0 spiro atoms. The van der Waals surface area contributed by atoms with Gasteiger partial charge in [-0.2, -0.15) is 0 Å². The summed E-state index contributed by atoms with van der Waals surface area (Å²) in [5.41, 5.74) is 8.90. The molecule has 1 aliphatic rings. The van der Waals surface area contributed by atoms with Crippen molar-refractivity contribution < 1.29 is 14.3 Å². The Balaban J connectivity index is 1.62. The molecular weight excluding hydrogens is 426 g/mol. The summed E-state index contributed by atoms with van der Waals surface area (Å²) in [5.74, 6) is 0.568. The number of urea groups is 1. The summed E-state index contributed by atoms with van der Waals surface area (Å²) >= 11 is 6.24. The molecule has 6 nitrogen and oxygen atoms in total. The number of carbonyl (C=O) groups excluding carboxylic acids is 2. The first-order valence-electron chi connectivity index (χ1n) is 10.4. The van der Waals surface area contributed by atoms with Crippen LogP contribution in [0.4, 0.5) is 10.5 Å². The zero-order chi connectivity index (χ0) is 22.7. The summed E-state index contributed by atoms with van der Waals surface area (Å²) in [5, 5.41) is 3.11. The van der Waals surface area contributed by atoms with Gasteiger partial charge in [-0.3, -0.25) is 4.79 Å². The fourth-order valence-corrected chi connectivity index (χ4v) is 4.15. The molecule has 0 radical (unpaired) electrons. The number of carbonyl (C=O) groups is 2. The highest BCUT2D eigenvalue weighted by molar-refractivity contribution is 6.31. The van der Waals surface area contributed by atoms with E-state index in [1.54, 1.807) is 17.0 Å². The second-order valence-corrected chi connectivity index (χ2v) is 8.21. The van der Waals surface area contributed by atoms with E-state index in [0.717, 1.165) is 28.1 Å². The Kier molecular flexibility index (Phi) is 6.32. The second-order valence-electron chi connectivity index (χ2n) is 7.77. The molecule has 0 unspecified atom stereocenters. The lowest BCUT2D eigenvalue weighted by Gasteiger charge is -2.38. The first-order chi connectivity index (χ1) is 15.4. The van der Waals surface area contributed by atoms with Gasteiger partial charge < -0.3 is 20.7 Å². The number of hydrogen-bond acceptors (Lipinski definition) is 3. The Morgan fingerprint density at radius 1 is 1.16 bits per heavy atom. The van der Waals surface area contributed by atoms with Crippen molar-refractivity contribution >= 4 is 29.2 Å². The molecule has 3 amide bonds. The average molecular weight is 450 g/mol. The standard InChI is InChI=1S/C25H24ClN3O3/c1-16(18-7-5-6-17(12-18)15-32-21-8-3-2-4-9-21)29-23-14-20(26)11-10-19(23)13-22(24(29)30)28-25(27)31/h2-12,14,16,22H,13,15H2,1H3,(H3,27,28,31)/t16-,22+/m0/s1. The zero-order valence-corrected chi connectivity index (χ0v) is 18.4. The Hall–Kier alpha value is -3.51. The minimum atomic E-state index is -0.728. The van der Waals surface area contributed by atoms with Crippen LogP contribution in [0.15, 0.2) is 72.8 Å². The number of primary amides is 1. The van der Waals surface area contributed by atoms with Crippen molar-refractivity contribution in [3.05, 3.63) is 94.5 Å². The molecule has 164 valence electrons. The van der Waals surface area contributed by atoms with Crippen molar-refractivity contribution in [3.63, 3.8) is 0 Å². The maximum absolute atomic E-state index is 13.3. The van der Waals surface area contributed by atoms with E-state index in [9.17, 15) is 9.59 Å². The van der Waals surface area contributed by atoms with Gasteiger partial charge in [0, 0.05) is 17.1 Å². The van der Waals surface area contributed by atoms with E-state index < -0.39 is 12.1 Å². The normalized spacial score (nSPS) is 16.2. The van der Waals surface area contributed by atoms with Gasteiger partial charge in [0.1, 0.15) is 18.4 Å². The third kappa shape index (κ3) is 4.70. The average Bonchev–Trinajstić information content (AvgIpc) is 2.79. The van der Waals surface area contributed by atoms with Crippen molar-refractivity contribution in [3.8, 4) is 5.75 Å². The van der Waals surface area contributed by atoms with Gasteiger partial charge in [-0.25, -0.2) is 4.79 Å². The molecule has 2 atom stereocenters. The molecule has 0 aliphatic carbocycles. The number of nitrogens with zero attached hydrogens (tertiary/aromatic N) is 1. The SMILES string of the molecule is C[C@@H](c1cccc(COc2ccccc2)c1)N1C(=O)[C@H](NC(N)=O)Cc2ccc(Cl)cc21. The number of anilines is 1. The summed E-state index contributed by atoms with van der Waals surface area (Å²) in [6, 6.07) is 21.2. The van der Waals surface area contributed by atoms with Gasteiger partial charge in [-0.05, 0) is 47.9 Å². The van der Waals surface area contributed by atoms with Crippen LogP contribution in [0, 0.1) is 0 Å². The van der Waals surface area contributed by atoms with E-state index >= 15 is 0 Å². The Morgan fingerprint density at radius 3 is 2.69 bits per heavy atom. The molecule has 7 heteroatoms. The number of para-hydroxylation sites is 1. The molecule has 3 aromatic rings. The summed E-state index contributed by atoms with van der Waals surface area (Å²) in [6.45, 7) is 2.36. The maximum Gasteiger partial charge on any atom is 0.312 e. The molecule has 0 bridgehead atoms. The molecule has 1 aliphatic heterocycles. The predicted octanol–water partition coefficient (Wildman–Crippen LogP) is 4.61. The Bertz CT molecular complexity index is 1140. The number of nitrogens with two attached hydrogens (primary N) is 1. The topological polar surface area (TPSA) is 84.7 Å². The molecule has 0 saturated heterocycles. The van der Waals surface area contributed by atoms with E-state index in [-0.39, 0.29) is 11.9 Å². The summed E-state index contributed by atoms with van der Waals surface area (Å²) in [4.78, 5) is 26.5. The number of rotatable bonds is 6. The van der Waals surface area contributed by atoms with Gasteiger partial charge in [0.2, 0.25) is 0 Å². The van der Waals surface area contributed by atoms with Crippen LogP contribution in [0.1, 0.15) is 29.7 Å². The number of ether oxygens (including phenoxy) is 1. The third-order valence-electron chi connectivity index (χ3n) is 5.55. The number of benzene rings is 3. The quantitative estimate of drug-likeness (QED) is 0.576. The summed E-state index contributed by atoms with van der Waals surface area (Å²) in [7, 11) is 0. The predicted molar refractivity (Wildman–Crippen MR) is 125 cm³/mol. The van der Waals surface area contributed by atoms with Crippen LogP contribution >= 0.6 is 11.6 Å². The van der Waals surface area contributed by atoms with Crippen LogP contribution in [-0.2, 0) is 17.8 Å². The fourth-order valence-electron chi connectivity index (χ4n) is 3.99. The maximum atomic E-state index is 13.3. The first kappa shape index (κ1) is 21.7. The molecule has 0 saturated carbocycles. The van der Waals surface area contributed by atoms with Crippen LogP contribution < -0.4 is 20.7 Å². The van der Waals surface area contributed by atoms with Crippen molar-refractivity contribution in [2.24, 2.45) is 5.73 Å². The van der Waals surface area contributed by atoms with E-state index in [1.807, 2.05) is 67.6 Å². The van der Waals surface area contributed by atoms with Crippen LogP contribution in [0.5, 0.6) is 5.75 Å². The molecule has 4 rings (SSSR count). The monoisotopic (exact) mass is 449 g/mol. The molecule has 1 heterocycles. The third-order valence-corrected chi connectivity index (χ3v) is 5.79. The van der Waals surface area contributed by atoms with Crippen molar-refractivity contribution in [2.75, 3.05) is 4.90 Å². The van der Waals surface area contributed by atoms with E-state index in [0.29, 0.717) is 18.1 Å². The highest BCUT2D eigenvalue weighted by atomic mass is 35.5. The molecular formula is C25H24ClN3O3. The highest BCUT2D eigenvalue weighted by Gasteiger charge is 2.36. The van der Waals surface area contributed by atoms with Crippen LogP contribution in [0.3, 0.4) is 0 Å². The lowest BCUT2D eigenvalue weighted by Crippen LogP contribution is -2.54. The number of fused-ring (bicyclic) bond motifs is 1. The first-order valence-corrected chi connectivity index (χ1v) is 10.7. The lowest BCUT2D eigenvalue weighted by molar-refractivity contribution is -0.121. The van der Waals surface area contributed by atoms with E-state index in [1.165, 1.54) is 0 Å². The number of halogens is 1. The number of amides is 3. The van der Waals surface area contributed by atoms with Crippen molar-refractivity contribution in [1.82, 2.24) is 5.32 Å². The minimum Gasteiger partial charge on any atom is -0.489 e. The highest BCUT2D eigenvalue weighted by Crippen LogP contribution is 2.36. The smallest absolute Gasteiger partial charge is 0.312 e. The van der Waals surface area contributed by atoms with E-state index in [4.69, 9.17) is 22.1 Å². The number of nitrogens with one attached hydrogen (secondary N) is 1.